The summed E-state index contributed by atoms with van der Waals surface area (Å²) in [4.78, 5) is 24.3. The lowest BCUT2D eigenvalue weighted by Crippen LogP contribution is -2.07. The Kier molecular flexibility index (Phi) is 6.86. The number of nitrogens with one attached hydrogen (secondary N) is 2. The predicted molar refractivity (Wildman–Crippen MR) is 126 cm³/mol. The number of rotatable bonds is 9. The lowest BCUT2D eigenvalue weighted by atomic mass is 10.1. The maximum atomic E-state index is 11.3. The van der Waals surface area contributed by atoms with E-state index in [2.05, 4.69) is 45.9 Å². The van der Waals surface area contributed by atoms with Gasteiger partial charge < -0.3 is 14.8 Å². The third-order valence-electron chi connectivity index (χ3n) is 4.48. The molecule has 0 aliphatic rings. The second-order valence-electron chi connectivity index (χ2n) is 6.58. The number of aromatic amines is 1. The van der Waals surface area contributed by atoms with E-state index in [1.54, 1.807) is 13.3 Å². The molecule has 0 radical (unpaired) electrons. The van der Waals surface area contributed by atoms with Gasteiger partial charge in [0.2, 0.25) is 0 Å². The fourth-order valence-corrected chi connectivity index (χ4v) is 4.38. The molecule has 1 aromatic carbocycles. The van der Waals surface area contributed by atoms with E-state index in [1.807, 2.05) is 37.3 Å². The molecule has 3 heterocycles. The second kappa shape index (κ2) is 9.96. The third-order valence-corrected chi connectivity index (χ3v) is 6.09. The van der Waals surface area contributed by atoms with Crippen LogP contribution in [-0.2, 0) is 6.42 Å². The summed E-state index contributed by atoms with van der Waals surface area (Å²) in [6.45, 7) is 3.02. The number of benzene rings is 1. The van der Waals surface area contributed by atoms with Crippen molar-refractivity contribution in [1.82, 2.24) is 20.1 Å². The number of hydrogen-bond acceptors (Lipinski definition) is 9. The van der Waals surface area contributed by atoms with E-state index < -0.39 is 5.76 Å². The van der Waals surface area contributed by atoms with Crippen LogP contribution in [0.4, 0.5) is 5.82 Å². The van der Waals surface area contributed by atoms with E-state index in [0.717, 1.165) is 27.1 Å². The van der Waals surface area contributed by atoms with Gasteiger partial charge in [-0.1, -0.05) is 27.2 Å². The van der Waals surface area contributed by atoms with Gasteiger partial charge in [0.25, 0.3) is 0 Å². The van der Waals surface area contributed by atoms with Gasteiger partial charge in [-0.25, -0.2) is 14.8 Å². The number of nitrogens with zero attached hydrogens (tertiary/aromatic N) is 3. The van der Waals surface area contributed by atoms with E-state index in [9.17, 15) is 4.79 Å². The molecule has 0 unspecified atom stereocenters. The zero-order valence-corrected chi connectivity index (χ0v) is 19.7. The van der Waals surface area contributed by atoms with Gasteiger partial charge >= 0.3 is 5.76 Å². The molecule has 9 nitrogen and oxygen atoms in total. The van der Waals surface area contributed by atoms with Crippen molar-refractivity contribution in [1.29, 1.82) is 0 Å². The van der Waals surface area contributed by atoms with Crippen molar-refractivity contribution < 1.29 is 14.0 Å². The van der Waals surface area contributed by atoms with Crippen LogP contribution in [0.3, 0.4) is 0 Å². The first-order chi connectivity index (χ1) is 15.6. The number of methoxy groups -OCH3 is 1. The number of anilines is 1. The van der Waals surface area contributed by atoms with E-state index >= 15 is 0 Å². The molecule has 0 saturated carbocycles. The Hall–Kier alpha value is -3.18. The van der Waals surface area contributed by atoms with Gasteiger partial charge in [0.05, 0.1) is 18.6 Å². The van der Waals surface area contributed by atoms with E-state index in [4.69, 9.17) is 9.47 Å². The van der Waals surface area contributed by atoms with Crippen LogP contribution in [-0.4, -0.2) is 40.4 Å². The fraction of sp³-hybridized carbons (Fsp3) is 0.238. The molecule has 0 bridgehead atoms. The summed E-state index contributed by atoms with van der Waals surface area (Å²) in [6.07, 6.45) is 2.47. The molecular weight excluding hydrogens is 498 g/mol. The number of halogens is 1. The van der Waals surface area contributed by atoms with Crippen molar-refractivity contribution in [2.45, 2.75) is 13.3 Å². The average Bonchev–Trinajstić information content (AvgIpc) is 3.41. The Labute approximate surface area is 195 Å². The summed E-state index contributed by atoms with van der Waals surface area (Å²) < 4.78 is 16.7. The summed E-state index contributed by atoms with van der Waals surface area (Å²) in [6, 6.07) is 9.63. The van der Waals surface area contributed by atoms with Crippen LogP contribution in [0.25, 0.3) is 21.4 Å². The van der Waals surface area contributed by atoms with Gasteiger partial charge in [-0.05, 0) is 37.1 Å². The Morgan fingerprint density at radius 2 is 2.12 bits per heavy atom. The molecule has 0 spiro atoms. The number of H-pyrrole nitrogens is 1. The molecule has 166 valence electrons. The van der Waals surface area contributed by atoms with Crippen molar-refractivity contribution in [3.05, 3.63) is 57.1 Å². The first kappa shape index (κ1) is 22.0. The van der Waals surface area contributed by atoms with Crippen LogP contribution >= 0.6 is 27.3 Å². The van der Waals surface area contributed by atoms with Crippen LogP contribution in [0.2, 0.25) is 0 Å². The highest BCUT2D eigenvalue weighted by Gasteiger charge is 2.18. The topological polar surface area (TPSA) is 115 Å². The minimum Gasteiger partial charge on any atom is -0.496 e. The van der Waals surface area contributed by atoms with Crippen molar-refractivity contribution in [2.75, 3.05) is 25.6 Å². The minimum absolute atomic E-state index is 0.312. The quantitative estimate of drug-likeness (QED) is 0.336. The van der Waals surface area contributed by atoms with Gasteiger partial charge in [0.15, 0.2) is 11.6 Å². The molecule has 0 aliphatic heterocycles. The lowest BCUT2D eigenvalue weighted by molar-refractivity contribution is 0.342. The molecule has 0 aliphatic carbocycles. The molecule has 11 heteroatoms. The summed E-state index contributed by atoms with van der Waals surface area (Å²) >= 11 is 4.82. The van der Waals surface area contributed by atoms with Gasteiger partial charge in [-0.15, -0.1) is 11.3 Å². The van der Waals surface area contributed by atoms with E-state index in [-0.39, 0.29) is 0 Å². The standard InChI is InChI=1S/C21H20BrN5O4S/c1-3-30-15-11-16(32-18(15)20-26-21(28)31-27-20)19-24-9-7-17(25-19)23-8-6-12-4-5-13(22)10-14(12)29-2/h4-5,7,9-11H,3,6,8H2,1-2H3,(H,23,24,25)(H,26,27,28). The zero-order chi connectivity index (χ0) is 22.5. The van der Waals surface area contributed by atoms with Crippen molar-refractivity contribution in [3.8, 4) is 32.9 Å². The van der Waals surface area contributed by atoms with Gasteiger partial charge in [-0.3, -0.25) is 9.51 Å². The molecule has 4 rings (SSSR count). The largest absolute Gasteiger partial charge is 0.496 e. The predicted octanol–water partition coefficient (Wildman–Crippen LogP) is 4.37. The SMILES string of the molecule is CCOc1cc(-c2nccc(NCCc3ccc(Br)cc3OC)n2)sc1-c1noc(=O)[nH]1. The van der Waals surface area contributed by atoms with Crippen LogP contribution in [0.1, 0.15) is 12.5 Å². The van der Waals surface area contributed by atoms with E-state index in [0.29, 0.717) is 41.2 Å². The molecule has 0 fully saturated rings. The van der Waals surface area contributed by atoms with Gasteiger partial charge in [0.1, 0.15) is 22.2 Å². The lowest BCUT2D eigenvalue weighted by Gasteiger charge is -2.10. The normalized spacial score (nSPS) is 10.8. The maximum Gasteiger partial charge on any atom is 0.439 e. The number of thiophene rings is 1. The van der Waals surface area contributed by atoms with Crippen LogP contribution in [0, 0.1) is 0 Å². The molecule has 0 saturated heterocycles. The van der Waals surface area contributed by atoms with Crippen molar-refractivity contribution >= 4 is 33.1 Å². The van der Waals surface area contributed by atoms with Crippen molar-refractivity contribution in [3.63, 3.8) is 0 Å². The van der Waals surface area contributed by atoms with E-state index in [1.165, 1.54) is 11.3 Å². The Balaban J connectivity index is 1.51. The first-order valence-electron chi connectivity index (χ1n) is 9.80. The zero-order valence-electron chi connectivity index (χ0n) is 17.3. The highest BCUT2D eigenvalue weighted by atomic mass is 79.9. The molecule has 0 amide bonds. The monoisotopic (exact) mass is 517 g/mol. The fourth-order valence-electron chi connectivity index (χ4n) is 3.07. The second-order valence-corrected chi connectivity index (χ2v) is 8.55. The molecule has 0 atom stereocenters. The molecular formula is C21H20BrN5O4S. The summed E-state index contributed by atoms with van der Waals surface area (Å²) in [5.74, 6) is 2.36. The number of aromatic nitrogens is 4. The molecule has 2 N–H and O–H groups in total. The Bertz CT molecular complexity index is 1270. The maximum absolute atomic E-state index is 11.3. The van der Waals surface area contributed by atoms with Gasteiger partial charge in [-0.2, -0.15) is 0 Å². The molecule has 3 aromatic heterocycles. The highest BCUT2D eigenvalue weighted by Crippen LogP contribution is 2.40. The summed E-state index contributed by atoms with van der Waals surface area (Å²) in [5.41, 5.74) is 1.10. The minimum atomic E-state index is -0.623. The highest BCUT2D eigenvalue weighted by molar-refractivity contribution is 9.10. The summed E-state index contributed by atoms with van der Waals surface area (Å²) in [5, 5.41) is 7.09. The number of hydrogen-bond donors (Lipinski definition) is 2. The first-order valence-corrected chi connectivity index (χ1v) is 11.4. The average molecular weight is 518 g/mol. The van der Waals surface area contributed by atoms with Crippen LogP contribution in [0.5, 0.6) is 11.5 Å². The number of ether oxygens (including phenoxy) is 2. The van der Waals surface area contributed by atoms with Crippen LogP contribution < -0.4 is 20.5 Å². The van der Waals surface area contributed by atoms with Crippen LogP contribution in [0.15, 0.2) is 50.3 Å². The summed E-state index contributed by atoms with van der Waals surface area (Å²) in [7, 11) is 1.66. The Morgan fingerprint density at radius 1 is 1.25 bits per heavy atom. The Morgan fingerprint density at radius 3 is 2.88 bits per heavy atom. The molecule has 32 heavy (non-hydrogen) atoms. The van der Waals surface area contributed by atoms with Crippen molar-refractivity contribution in [2.24, 2.45) is 0 Å². The van der Waals surface area contributed by atoms with Gasteiger partial charge in [0, 0.05) is 23.3 Å². The smallest absolute Gasteiger partial charge is 0.439 e. The molecule has 4 aromatic rings. The third kappa shape index (κ3) is 5.00.